The molecule has 0 aliphatic carbocycles. The van der Waals surface area contributed by atoms with Crippen LogP contribution in [0, 0.1) is 0 Å². The second kappa shape index (κ2) is 9.70. The number of carboxylic acid groups (broad SMARTS) is 1. The van der Waals surface area contributed by atoms with Crippen LogP contribution < -0.4 is 21.7 Å². The third-order valence-corrected chi connectivity index (χ3v) is 3.64. The minimum atomic E-state index is -1.31. The zero-order valence-electron chi connectivity index (χ0n) is 12.8. The molecule has 11 heteroatoms. The number of rotatable bonds is 8. The SMILES string of the molecule is NC(=O)CC[C@@H](NC(=O)CNC(=O)Nc1ccc(Cl)c(Cl)c1)C(=O)O. The van der Waals surface area contributed by atoms with Crippen LogP contribution in [0.25, 0.3) is 0 Å². The number of benzene rings is 1. The second-order valence-corrected chi connectivity index (χ2v) is 5.71. The van der Waals surface area contributed by atoms with Crippen LogP contribution in [0.5, 0.6) is 0 Å². The number of carbonyl (C=O) groups excluding carboxylic acids is 3. The maximum absolute atomic E-state index is 11.7. The number of amides is 4. The highest BCUT2D eigenvalue weighted by molar-refractivity contribution is 6.42. The van der Waals surface area contributed by atoms with E-state index in [-0.39, 0.29) is 17.9 Å². The lowest BCUT2D eigenvalue weighted by atomic mass is 10.1. The molecule has 0 unspecified atom stereocenters. The number of hydrogen-bond acceptors (Lipinski definition) is 4. The summed E-state index contributed by atoms with van der Waals surface area (Å²) in [6, 6.07) is 2.45. The van der Waals surface area contributed by atoms with Gasteiger partial charge >= 0.3 is 12.0 Å². The molecule has 1 aromatic rings. The van der Waals surface area contributed by atoms with Crippen molar-refractivity contribution in [2.45, 2.75) is 18.9 Å². The number of carboxylic acids is 1. The summed E-state index contributed by atoms with van der Waals surface area (Å²) < 4.78 is 0. The van der Waals surface area contributed by atoms with Crippen molar-refractivity contribution in [3.8, 4) is 0 Å². The summed E-state index contributed by atoms with van der Waals surface area (Å²) in [6.45, 7) is -0.465. The van der Waals surface area contributed by atoms with E-state index in [1.807, 2.05) is 0 Å². The number of aliphatic carboxylic acids is 1. The van der Waals surface area contributed by atoms with Crippen molar-refractivity contribution in [1.29, 1.82) is 0 Å². The predicted octanol–water partition coefficient (Wildman–Crippen LogP) is 0.950. The molecule has 25 heavy (non-hydrogen) atoms. The lowest BCUT2D eigenvalue weighted by Gasteiger charge is -2.14. The molecular weight excluding hydrogens is 375 g/mol. The molecule has 0 saturated heterocycles. The van der Waals surface area contributed by atoms with Gasteiger partial charge in [-0.05, 0) is 24.6 Å². The molecule has 0 fully saturated rings. The Labute approximate surface area is 152 Å². The summed E-state index contributed by atoms with van der Waals surface area (Å²) in [5, 5.41) is 16.4. The highest BCUT2D eigenvalue weighted by Crippen LogP contribution is 2.24. The molecule has 0 aliphatic heterocycles. The van der Waals surface area contributed by atoms with E-state index < -0.39 is 36.4 Å². The summed E-state index contributed by atoms with van der Waals surface area (Å²) in [5.74, 6) is -2.73. The first-order valence-electron chi connectivity index (χ1n) is 6.99. The molecule has 6 N–H and O–H groups in total. The van der Waals surface area contributed by atoms with E-state index in [9.17, 15) is 19.2 Å². The number of carbonyl (C=O) groups is 4. The Morgan fingerprint density at radius 1 is 1.16 bits per heavy atom. The summed E-state index contributed by atoms with van der Waals surface area (Å²) in [4.78, 5) is 45.1. The van der Waals surface area contributed by atoms with Crippen molar-refractivity contribution >= 4 is 52.7 Å². The predicted molar refractivity (Wildman–Crippen MR) is 91.5 cm³/mol. The van der Waals surface area contributed by atoms with Crippen molar-refractivity contribution in [3.63, 3.8) is 0 Å². The van der Waals surface area contributed by atoms with Gasteiger partial charge in [0.05, 0.1) is 16.6 Å². The Hall–Kier alpha value is -2.52. The summed E-state index contributed by atoms with van der Waals surface area (Å²) in [6.07, 6.45) is -0.339. The fourth-order valence-electron chi connectivity index (χ4n) is 1.70. The lowest BCUT2D eigenvalue weighted by molar-refractivity contribution is -0.142. The zero-order chi connectivity index (χ0) is 19.0. The molecule has 4 amide bonds. The first kappa shape index (κ1) is 20.5. The highest BCUT2D eigenvalue weighted by Gasteiger charge is 2.20. The number of anilines is 1. The van der Waals surface area contributed by atoms with Gasteiger partial charge in [-0.15, -0.1) is 0 Å². The van der Waals surface area contributed by atoms with Crippen LogP contribution in [-0.4, -0.2) is 41.5 Å². The van der Waals surface area contributed by atoms with Crippen LogP contribution in [0.15, 0.2) is 18.2 Å². The topological polar surface area (TPSA) is 151 Å². The van der Waals surface area contributed by atoms with Crippen LogP contribution in [0.3, 0.4) is 0 Å². The van der Waals surface area contributed by atoms with Gasteiger partial charge < -0.3 is 26.8 Å². The Morgan fingerprint density at radius 2 is 1.84 bits per heavy atom. The fourth-order valence-corrected chi connectivity index (χ4v) is 2.00. The minimum absolute atomic E-state index is 0.147. The van der Waals surface area contributed by atoms with Crippen molar-refractivity contribution in [2.75, 3.05) is 11.9 Å². The van der Waals surface area contributed by atoms with E-state index in [0.29, 0.717) is 10.7 Å². The number of urea groups is 1. The van der Waals surface area contributed by atoms with Gasteiger partial charge in [-0.2, -0.15) is 0 Å². The first-order chi connectivity index (χ1) is 11.7. The molecule has 0 radical (unpaired) electrons. The Kier molecular flexibility index (Phi) is 7.96. The molecule has 9 nitrogen and oxygen atoms in total. The standard InChI is InChI=1S/C14H16Cl2N4O5/c15-8-2-1-7(5-9(8)16)19-14(25)18-6-12(22)20-10(13(23)24)3-4-11(17)21/h1-2,5,10H,3-4,6H2,(H2,17,21)(H,20,22)(H,23,24)(H2,18,19,25)/t10-/m1/s1. The molecule has 1 aromatic carbocycles. The minimum Gasteiger partial charge on any atom is -0.480 e. The molecule has 0 aromatic heterocycles. The second-order valence-electron chi connectivity index (χ2n) is 4.90. The molecule has 0 heterocycles. The number of primary amides is 1. The summed E-state index contributed by atoms with van der Waals surface area (Å²) in [5.41, 5.74) is 5.29. The van der Waals surface area contributed by atoms with Gasteiger partial charge in [-0.1, -0.05) is 23.2 Å². The van der Waals surface area contributed by atoms with E-state index in [4.69, 9.17) is 34.0 Å². The average Bonchev–Trinajstić information content (AvgIpc) is 2.52. The first-order valence-corrected chi connectivity index (χ1v) is 7.75. The van der Waals surface area contributed by atoms with E-state index in [2.05, 4.69) is 16.0 Å². The normalized spacial score (nSPS) is 11.3. The van der Waals surface area contributed by atoms with Gasteiger partial charge in [-0.3, -0.25) is 9.59 Å². The maximum Gasteiger partial charge on any atom is 0.326 e. The molecule has 136 valence electrons. The number of halogens is 2. The largest absolute Gasteiger partial charge is 0.480 e. The summed E-state index contributed by atoms with van der Waals surface area (Å²) >= 11 is 11.6. The van der Waals surface area contributed by atoms with Gasteiger partial charge in [0, 0.05) is 12.1 Å². The van der Waals surface area contributed by atoms with Crippen LogP contribution in [0.1, 0.15) is 12.8 Å². The molecule has 0 aliphatic rings. The van der Waals surface area contributed by atoms with Crippen LogP contribution in [-0.2, 0) is 14.4 Å². The van der Waals surface area contributed by atoms with Gasteiger partial charge in [0.1, 0.15) is 6.04 Å². The van der Waals surface area contributed by atoms with Gasteiger partial charge in [0.2, 0.25) is 11.8 Å². The van der Waals surface area contributed by atoms with E-state index in [1.165, 1.54) is 18.2 Å². The molecule has 1 rings (SSSR count). The highest BCUT2D eigenvalue weighted by atomic mass is 35.5. The smallest absolute Gasteiger partial charge is 0.326 e. The Morgan fingerprint density at radius 3 is 2.40 bits per heavy atom. The molecule has 0 spiro atoms. The zero-order valence-corrected chi connectivity index (χ0v) is 14.4. The van der Waals surface area contributed by atoms with Gasteiger partial charge in [0.25, 0.3) is 0 Å². The maximum atomic E-state index is 11.7. The third kappa shape index (κ3) is 7.73. The molecule has 1 atom stereocenters. The van der Waals surface area contributed by atoms with Crippen LogP contribution in [0.4, 0.5) is 10.5 Å². The average molecular weight is 391 g/mol. The number of hydrogen-bond donors (Lipinski definition) is 5. The van der Waals surface area contributed by atoms with Crippen LogP contribution >= 0.6 is 23.2 Å². The Balaban J connectivity index is 2.45. The number of nitrogens with two attached hydrogens (primary N) is 1. The number of nitrogens with one attached hydrogen (secondary N) is 3. The molecular formula is C14H16Cl2N4O5. The van der Waals surface area contributed by atoms with E-state index in [0.717, 1.165) is 0 Å². The molecule has 0 bridgehead atoms. The summed E-state index contributed by atoms with van der Waals surface area (Å²) in [7, 11) is 0. The third-order valence-electron chi connectivity index (χ3n) is 2.90. The lowest BCUT2D eigenvalue weighted by Crippen LogP contribution is -2.46. The Bertz CT molecular complexity index is 683. The quantitative estimate of drug-likeness (QED) is 0.447. The van der Waals surface area contributed by atoms with Crippen molar-refractivity contribution in [1.82, 2.24) is 10.6 Å². The monoisotopic (exact) mass is 390 g/mol. The van der Waals surface area contributed by atoms with Crippen molar-refractivity contribution in [3.05, 3.63) is 28.2 Å². The van der Waals surface area contributed by atoms with Crippen molar-refractivity contribution in [2.24, 2.45) is 5.73 Å². The molecule has 0 saturated carbocycles. The van der Waals surface area contributed by atoms with E-state index in [1.54, 1.807) is 0 Å². The van der Waals surface area contributed by atoms with Crippen LogP contribution in [0.2, 0.25) is 10.0 Å². The fraction of sp³-hybridized carbons (Fsp3) is 0.286. The van der Waals surface area contributed by atoms with Gasteiger partial charge in [0.15, 0.2) is 0 Å². The van der Waals surface area contributed by atoms with Crippen molar-refractivity contribution < 1.29 is 24.3 Å². The van der Waals surface area contributed by atoms with Gasteiger partial charge in [-0.25, -0.2) is 9.59 Å². The van der Waals surface area contributed by atoms with E-state index >= 15 is 0 Å².